The van der Waals surface area contributed by atoms with Crippen molar-refractivity contribution in [3.63, 3.8) is 0 Å². The zero-order valence-electron chi connectivity index (χ0n) is 11.4. The van der Waals surface area contributed by atoms with E-state index in [4.69, 9.17) is 16.3 Å². The summed E-state index contributed by atoms with van der Waals surface area (Å²) in [4.78, 5) is 23.0. The van der Waals surface area contributed by atoms with Crippen molar-refractivity contribution in [1.29, 1.82) is 0 Å². The molecular formula is C15H18ClNO3. The largest absolute Gasteiger partial charge is 0.478 e. The number of halogens is 1. The predicted molar refractivity (Wildman–Crippen MR) is 78.4 cm³/mol. The van der Waals surface area contributed by atoms with Gasteiger partial charge in [0.15, 0.2) is 6.10 Å². The summed E-state index contributed by atoms with van der Waals surface area (Å²) < 4.78 is 5.69. The van der Waals surface area contributed by atoms with Gasteiger partial charge >= 0.3 is 0 Å². The Labute approximate surface area is 123 Å². The summed E-state index contributed by atoms with van der Waals surface area (Å²) in [5.41, 5.74) is 0.849. The fraction of sp³-hybridized carbons (Fsp3) is 0.467. The molecule has 108 valence electrons. The van der Waals surface area contributed by atoms with Gasteiger partial charge in [-0.2, -0.15) is 0 Å². The maximum atomic E-state index is 11.9. The van der Waals surface area contributed by atoms with Gasteiger partial charge in [-0.1, -0.05) is 26.2 Å². The number of hydrogen-bond donors (Lipinski definition) is 1. The zero-order valence-corrected chi connectivity index (χ0v) is 12.2. The third-order valence-electron chi connectivity index (χ3n) is 3.35. The monoisotopic (exact) mass is 295 g/mol. The molecule has 4 nitrogen and oxygen atoms in total. The first kappa shape index (κ1) is 14.9. The molecule has 5 heteroatoms. The topological polar surface area (TPSA) is 55.4 Å². The van der Waals surface area contributed by atoms with E-state index in [2.05, 4.69) is 12.2 Å². The smallest absolute Gasteiger partial charge is 0.265 e. The van der Waals surface area contributed by atoms with Crippen LogP contribution in [0.5, 0.6) is 5.75 Å². The van der Waals surface area contributed by atoms with Crippen molar-refractivity contribution in [2.24, 2.45) is 0 Å². The lowest BCUT2D eigenvalue weighted by atomic mass is 10.1. The van der Waals surface area contributed by atoms with Gasteiger partial charge in [0.25, 0.3) is 11.1 Å². The van der Waals surface area contributed by atoms with Gasteiger partial charge in [-0.15, -0.1) is 0 Å². The lowest BCUT2D eigenvalue weighted by Gasteiger charge is -2.26. The van der Waals surface area contributed by atoms with Crippen molar-refractivity contribution in [1.82, 2.24) is 0 Å². The normalized spacial score (nSPS) is 17.1. The highest BCUT2D eigenvalue weighted by Gasteiger charge is 2.27. The van der Waals surface area contributed by atoms with Crippen molar-refractivity contribution in [2.45, 2.75) is 45.1 Å². The molecule has 1 unspecified atom stereocenters. The maximum Gasteiger partial charge on any atom is 0.265 e. The molecule has 2 rings (SSSR count). The maximum absolute atomic E-state index is 11.9. The lowest BCUT2D eigenvalue weighted by Crippen LogP contribution is -2.36. The molecule has 0 saturated heterocycles. The van der Waals surface area contributed by atoms with Gasteiger partial charge in [0, 0.05) is 5.56 Å². The van der Waals surface area contributed by atoms with E-state index in [0.717, 1.165) is 19.3 Å². The zero-order chi connectivity index (χ0) is 14.5. The minimum absolute atomic E-state index is 0.159. The predicted octanol–water partition coefficient (Wildman–Crippen LogP) is 3.74. The SMILES string of the molecule is CCCCCCC1Oc2ccc(C(=O)Cl)cc2NC1=O. The van der Waals surface area contributed by atoms with Crippen molar-refractivity contribution in [2.75, 3.05) is 5.32 Å². The second-order valence-corrected chi connectivity index (χ2v) is 5.27. The fourth-order valence-electron chi connectivity index (χ4n) is 2.22. The Kier molecular flexibility index (Phi) is 5.01. The summed E-state index contributed by atoms with van der Waals surface area (Å²) >= 11 is 5.42. The molecular weight excluding hydrogens is 278 g/mol. The molecule has 0 bridgehead atoms. The van der Waals surface area contributed by atoms with E-state index >= 15 is 0 Å². The molecule has 0 fully saturated rings. The Morgan fingerprint density at radius 2 is 2.15 bits per heavy atom. The summed E-state index contributed by atoms with van der Waals surface area (Å²) in [6.07, 6.45) is 4.68. The Morgan fingerprint density at radius 3 is 2.85 bits per heavy atom. The number of fused-ring (bicyclic) bond motifs is 1. The molecule has 1 aromatic carbocycles. The van der Waals surface area contributed by atoms with Gasteiger partial charge < -0.3 is 10.1 Å². The van der Waals surface area contributed by atoms with E-state index in [9.17, 15) is 9.59 Å². The molecule has 1 aliphatic heterocycles. The van der Waals surface area contributed by atoms with Crippen molar-refractivity contribution in [3.05, 3.63) is 23.8 Å². The Morgan fingerprint density at radius 1 is 1.35 bits per heavy atom. The molecule has 1 N–H and O–H groups in total. The van der Waals surface area contributed by atoms with Crippen LogP contribution in [0.25, 0.3) is 0 Å². The number of amides is 1. The van der Waals surface area contributed by atoms with Gasteiger partial charge in [0.2, 0.25) is 0 Å². The summed E-state index contributed by atoms with van der Waals surface area (Å²) in [6.45, 7) is 2.15. The summed E-state index contributed by atoms with van der Waals surface area (Å²) in [5.74, 6) is 0.430. The number of rotatable bonds is 6. The molecule has 1 amide bonds. The van der Waals surface area contributed by atoms with E-state index < -0.39 is 11.3 Å². The van der Waals surface area contributed by atoms with E-state index in [0.29, 0.717) is 23.4 Å². The van der Waals surface area contributed by atoms with Crippen LogP contribution in [0, 0.1) is 0 Å². The van der Waals surface area contributed by atoms with Gasteiger partial charge in [0.1, 0.15) is 5.75 Å². The standard InChI is InChI=1S/C15H18ClNO3/c1-2-3-4-5-6-13-15(19)17-11-9-10(14(16)18)7-8-12(11)20-13/h7-9,13H,2-6H2,1H3,(H,17,19). The van der Waals surface area contributed by atoms with Crippen molar-refractivity contribution < 1.29 is 14.3 Å². The highest BCUT2D eigenvalue weighted by molar-refractivity contribution is 6.67. The molecule has 0 saturated carbocycles. The first-order valence-corrected chi connectivity index (χ1v) is 7.31. The third kappa shape index (κ3) is 3.51. The lowest BCUT2D eigenvalue weighted by molar-refractivity contribution is -0.123. The first-order valence-electron chi connectivity index (χ1n) is 6.93. The molecule has 0 radical (unpaired) electrons. The second-order valence-electron chi connectivity index (χ2n) is 4.93. The average Bonchev–Trinajstić information content (AvgIpc) is 2.43. The average molecular weight is 296 g/mol. The number of anilines is 1. The number of ether oxygens (including phenoxy) is 1. The number of nitrogens with one attached hydrogen (secondary N) is 1. The van der Waals surface area contributed by atoms with Gasteiger partial charge in [-0.05, 0) is 42.6 Å². The van der Waals surface area contributed by atoms with Crippen molar-refractivity contribution in [3.8, 4) is 5.75 Å². The van der Waals surface area contributed by atoms with E-state index in [-0.39, 0.29) is 5.91 Å². The number of carbonyl (C=O) groups is 2. The first-order chi connectivity index (χ1) is 9.61. The molecule has 0 aromatic heterocycles. The number of carbonyl (C=O) groups excluding carboxylic acids is 2. The minimum Gasteiger partial charge on any atom is -0.478 e. The van der Waals surface area contributed by atoms with Crippen LogP contribution in [0.1, 0.15) is 49.4 Å². The van der Waals surface area contributed by atoms with Crippen LogP contribution in [0.2, 0.25) is 0 Å². The summed E-state index contributed by atoms with van der Waals surface area (Å²) in [5, 5.41) is 2.22. The van der Waals surface area contributed by atoms with Crippen LogP contribution in [0.3, 0.4) is 0 Å². The highest BCUT2D eigenvalue weighted by Crippen LogP contribution is 2.32. The minimum atomic E-state index is -0.552. The molecule has 1 aromatic rings. The third-order valence-corrected chi connectivity index (χ3v) is 3.56. The van der Waals surface area contributed by atoms with Crippen LogP contribution in [-0.2, 0) is 4.79 Å². The van der Waals surface area contributed by atoms with Gasteiger partial charge in [-0.25, -0.2) is 0 Å². The second kappa shape index (κ2) is 6.75. The van der Waals surface area contributed by atoms with Crippen molar-refractivity contribution >= 4 is 28.4 Å². The Balaban J connectivity index is 2.02. The Hall–Kier alpha value is -1.55. The summed E-state index contributed by atoms with van der Waals surface area (Å²) in [7, 11) is 0. The van der Waals surface area contributed by atoms with Crippen LogP contribution < -0.4 is 10.1 Å². The van der Waals surface area contributed by atoms with E-state index in [1.165, 1.54) is 12.5 Å². The fourth-order valence-corrected chi connectivity index (χ4v) is 2.34. The molecule has 1 atom stereocenters. The quantitative estimate of drug-likeness (QED) is 0.642. The van der Waals surface area contributed by atoms with Crippen LogP contribution in [0.4, 0.5) is 5.69 Å². The Bertz CT molecular complexity index is 516. The molecule has 1 heterocycles. The van der Waals surface area contributed by atoms with Crippen LogP contribution in [-0.4, -0.2) is 17.3 Å². The molecule has 1 aliphatic rings. The van der Waals surface area contributed by atoms with Gasteiger partial charge in [0.05, 0.1) is 5.69 Å². The number of benzene rings is 1. The molecule has 0 aliphatic carbocycles. The summed E-state index contributed by atoms with van der Waals surface area (Å²) in [6, 6.07) is 4.80. The van der Waals surface area contributed by atoms with E-state index in [1.54, 1.807) is 12.1 Å². The highest BCUT2D eigenvalue weighted by atomic mass is 35.5. The van der Waals surface area contributed by atoms with Crippen LogP contribution >= 0.6 is 11.6 Å². The van der Waals surface area contributed by atoms with Gasteiger partial charge in [-0.3, -0.25) is 9.59 Å². The van der Waals surface area contributed by atoms with Crippen LogP contribution in [0.15, 0.2) is 18.2 Å². The molecule has 20 heavy (non-hydrogen) atoms. The number of hydrogen-bond acceptors (Lipinski definition) is 3. The van der Waals surface area contributed by atoms with E-state index in [1.807, 2.05) is 0 Å². The number of unbranched alkanes of at least 4 members (excludes halogenated alkanes) is 3. The molecule has 0 spiro atoms.